The lowest BCUT2D eigenvalue weighted by Gasteiger charge is -2.28. The van der Waals surface area contributed by atoms with Gasteiger partial charge in [0.15, 0.2) is 5.16 Å². The molecule has 0 unspecified atom stereocenters. The summed E-state index contributed by atoms with van der Waals surface area (Å²) < 4.78 is 22.6. The normalized spacial score (nSPS) is 11.6. The van der Waals surface area contributed by atoms with E-state index in [-0.39, 0.29) is 5.97 Å². The van der Waals surface area contributed by atoms with Gasteiger partial charge in [-0.3, -0.25) is 4.79 Å². The summed E-state index contributed by atoms with van der Waals surface area (Å²) in [6, 6.07) is 0.650. The van der Waals surface area contributed by atoms with E-state index in [1.54, 1.807) is 12.4 Å². The maximum Gasteiger partial charge on any atom is 0.501 e. The van der Waals surface area contributed by atoms with Crippen molar-refractivity contribution in [3.05, 3.63) is 12.4 Å². The number of carbonyl (C=O) groups excluding carboxylic acids is 1. The SMILES string of the molecule is CCO[Si](CCCOC(=O)CCSc1ncc[nH]1)(OCC)OCC. The maximum absolute atomic E-state index is 11.7. The fourth-order valence-electron chi connectivity index (χ4n) is 2.11. The molecule has 24 heavy (non-hydrogen) atoms. The van der Waals surface area contributed by atoms with Crippen molar-refractivity contribution in [2.24, 2.45) is 0 Å². The van der Waals surface area contributed by atoms with E-state index < -0.39 is 8.80 Å². The largest absolute Gasteiger partial charge is 0.501 e. The molecule has 138 valence electrons. The number of rotatable bonds is 14. The highest BCUT2D eigenvalue weighted by Gasteiger charge is 2.39. The lowest BCUT2D eigenvalue weighted by Crippen LogP contribution is -2.46. The van der Waals surface area contributed by atoms with Crippen LogP contribution in [0.15, 0.2) is 17.6 Å². The number of thioether (sulfide) groups is 1. The van der Waals surface area contributed by atoms with Gasteiger partial charge in [0.25, 0.3) is 0 Å². The Bertz CT molecular complexity index is 430. The van der Waals surface area contributed by atoms with Crippen molar-refractivity contribution < 1.29 is 22.8 Å². The van der Waals surface area contributed by atoms with Crippen LogP contribution in [-0.4, -0.2) is 56.9 Å². The molecule has 9 heteroatoms. The number of hydrogen-bond donors (Lipinski definition) is 1. The average molecular weight is 377 g/mol. The van der Waals surface area contributed by atoms with Gasteiger partial charge in [0, 0.05) is 44.0 Å². The summed E-state index contributed by atoms with van der Waals surface area (Å²) in [6.45, 7) is 7.79. The highest BCUT2D eigenvalue weighted by atomic mass is 32.2. The molecule has 0 saturated heterocycles. The molecular weight excluding hydrogens is 348 g/mol. The Labute approximate surface area is 149 Å². The summed E-state index contributed by atoms with van der Waals surface area (Å²) in [5, 5.41) is 0.809. The number of aromatic amines is 1. The number of esters is 1. The summed E-state index contributed by atoms with van der Waals surface area (Å²) in [7, 11) is -2.64. The van der Waals surface area contributed by atoms with Gasteiger partial charge < -0.3 is 23.0 Å². The van der Waals surface area contributed by atoms with Crippen LogP contribution < -0.4 is 0 Å². The molecule has 1 heterocycles. The summed E-state index contributed by atoms with van der Waals surface area (Å²) in [5.41, 5.74) is 0. The van der Waals surface area contributed by atoms with Crippen LogP contribution >= 0.6 is 11.8 Å². The Hall–Kier alpha value is -0.873. The molecule has 0 saturated carbocycles. The maximum atomic E-state index is 11.7. The van der Waals surface area contributed by atoms with Crippen LogP contribution in [0.3, 0.4) is 0 Å². The van der Waals surface area contributed by atoms with Gasteiger partial charge in [0.05, 0.1) is 13.0 Å². The zero-order valence-corrected chi connectivity index (χ0v) is 16.5. The highest BCUT2D eigenvalue weighted by molar-refractivity contribution is 7.99. The van der Waals surface area contributed by atoms with E-state index in [2.05, 4.69) is 9.97 Å². The Morgan fingerprint density at radius 2 is 1.88 bits per heavy atom. The minimum Gasteiger partial charge on any atom is -0.466 e. The summed E-state index contributed by atoms with van der Waals surface area (Å²) in [5.74, 6) is 0.438. The summed E-state index contributed by atoms with van der Waals surface area (Å²) >= 11 is 1.50. The van der Waals surface area contributed by atoms with E-state index in [1.165, 1.54) is 11.8 Å². The number of nitrogens with one attached hydrogen (secondary N) is 1. The number of aromatic nitrogens is 2. The molecule has 0 aliphatic carbocycles. The van der Waals surface area contributed by atoms with Crippen molar-refractivity contribution in [3.63, 3.8) is 0 Å². The number of hydrogen-bond acceptors (Lipinski definition) is 7. The van der Waals surface area contributed by atoms with Crippen molar-refractivity contribution in [3.8, 4) is 0 Å². The highest BCUT2D eigenvalue weighted by Crippen LogP contribution is 2.18. The lowest BCUT2D eigenvalue weighted by atomic mass is 10.5. The molecule has 0 bridgehead atoms. The van der Waals surface area contributed by atoms with E-state index in [4.69, 9.17) is 18.0 Å². The van der Waals surface area contributed by atoms with Crippen LogP contribution in [-0.2, 0) is 22.8 Å². The number of ether oxygens (including phenoxy) is 1. The molecule has 0 aromatic carbocycles. The van der Waals surface area contributed by atoms with Gasteiger partial charge in [-0.05, 0) is 27.2 Å². The molecule has 0 atom stereocenters. The first-order chi connectivity index (χ1) is 11.7. The molecule has 0 spiro atoms. The second kappa shape index (κ2) is 12.5. The zero-order valence-electron chi connectivity index (χ0n) is 14.7. The fourth-order valence-corrected chi connectivity index (χ4v) is 5.44. The third-order valence-electron chi connectivity index (χ3n) is 3.00. The zero-order chi connectivity index (χ0) is 17.7. The summed E-state index contributed by atoms with van der Waals surface area (Å²) in [4.78, 5) is 18.8. The van der Waals surface area contributed by atoms with Crippen molar-refractivity contribution >= 4 is 26.5 Å². The molecule has 7 nitrogen and oxygen atoms in total. The van der Waals surface area contributed by atoms with Crippen molar-refractivity contribution in [2.45, 2.75) is 44.8 Å². The Morgan fingerprint density at radius 3 is 2.42 bits per heavy atom. The predicted octanol–water partition coefficient (Wildman–Crippen LogP) is 2.87. The van der Waals surface area contributed by atoms with E-state index in [9.17, 15) is 4.79 Å². The second-order valence-corrected chi connectivity index (χ2v) is 8.61. The number of imidazole rings is 1. The van der Waals surface area contributed by atoms with E-state index in [0.29, 0.717) is 51.1 Å². The standard InChI is InChI=1S/C15H28N2O5SSi/c1-4-20-24(21-5-2,22-6-3)13-7-11-19-14(18)8-12-23-15-16-9-10-17-15/h9-10H,4-8,11-13H2,1-3H3,(H,16,17). The first-order valence-corrected chi connectivity index (χ1v) is 11.3. The first-order valence-electron chi connectivity index (χ1n) is 8.35. The van der Waals surface area contributed by atoms with Crippen LogP contribution in [0.1, 0.15) is 33.6 Å². The molecule has 1 rings (SSSR count). The van der Waals surface area contributed by atoms with Gasteiger partial charge in [-0.2, -0.15) is 0 Å². The third kappa shape index (κ3) is 8.29. The van der Waals surface area contributed by atoms with Crippen molar-refractivity contribution in [1.82, 2.24) is 9.97 Å². The Balaban J connectivity index is 2.22. The van der Waals surface area contributed by atoms with E-state index in [1.807, 2.05) is 20.8 Å². The van der Waals surface area contributed by atoms with Crippen LogP contribution in [0.25, 0.3) is 0 Å². The first kappa shape index (κ1) is 21.2. The molecule has 0 aliphatic rings. The molecule has 0 aliphatic heterocycles. The predicted molar refractivity (Wildman–Crippen MR) is 94.9 cm³/mol. The number of carbonyl (C=O) groups is 1. The average Bonchev–Trinajstić information content (AvgIpc) is 3.06. The van der Waals surface area contributed by atoms with Gasteiger partial charge >= 0.3 is 14.8 Å². The molecule has 0 radical (unpaired) electrons. The van der Waals surface area contributed by atoms with Crippen LogP contribution in [0.2, 0.25) is 6.04 Å². The van der Waals surface area contributed by atoms with Gasteiger partial charge in [-0.1, -0.05) is 11.8 Å². The minimum absolute atomic E-state index is 0.203. The van der Waals surface area contributed by atoms with Gasteiger partial charge in [-0.15, -0.1) is 0 Å². The van der Waals surface area contributed by atoms with Crippen LogP contribution in [0.5, 0.6) is 0 Å². The lowest BCUT2D eigenvalue weighted by molar-refractivity contribution is -0.143. The molecule has 0 fully saturated rings. The molecule has 0 amide bonds. The third-order valence-corrected chi connectivity index (χ3v) is 7.06. The molecular formula is C15H28N2O5SSi. The molecule has 1 aromatic rings. The van der Waals surface area contributed by atoms with Crippen molar-refractivity contribution in [1.29, 1.82) is 0 Å². The van der Waals surface area contributed by atoms with E-state index >= 15 is 0 Å². The monoisotopic (exact) mass is 376 g/mol. The Morgan fingerprint density at radius 1 is 1.21 bits per heavy atom. The second-order valence-electron chi connectivity index (χ2n) is 4.80. The quantitative estimate of drug-likeness (QED) is 0.231. The van der Waals surface area contributed by atoms with Gasteiger partial charge in [0.2, 0.25) is 0 Å². The topological polar surface area (TPSA) is 82.7 Å². The van der Waals surface area contributed by atoms with Gasteiger partial charge in [0.1, 0.15) is 0 Å². The fraction of sp³-hybridized carbons (Fsp3) is 0.733. The number of nitrogens with zero attached hydrogens (tertiary/aromatic N) is 1. The summed E-state index contributed by atoms with van der Waals surface area (Å²) in [6.07, 6.45) is 4.47. The smallest absolute Gasteiger partial charge is 0.466 e. The van der Waals surface area contributed by atoms with Crippen molar-refractivity contribution in [2.75, 3.05) is 32.2 Å². The number of H-pyrrole nitrogens is 1. The van der Waals surface area contributed by atoms with E-state index in [0.717, 1.165) is 5.16 Å². The Kier molecular flexibility index (Phi) is 11.0. The van der Waals surface area contributed by atoms with Gasteiger partial charge in [-0.25, -0.2) is 4.98 Å². The van der Waals surface area contributed by atoms with Crippen LogP contribution in [0.4, 0.5) is 0 Å². The van der Waals surface area contributed by atoms with Crippen LogP contribution in [0, 0.1) is 0 Å². The minimum atomic E-state index is -2.64. The molecule has 1 N–H and O–H groups in total. The molecule has 1 aromatic heterocycles.